The Morgan fingerprint density at radius 3 is 1.99 bits per heavy atom. The van der Waals surface area contributed by atoms with Crippen LogP contribution in [0.2, 0.25) is 0 Å². The molecule has 16 heteroatoms. The molecule has 2 amide bonds. The van der Waals surface area contributed by atoms with E-state index in [1.807, 2.05) is 0 Å². The first kappa shape index (κ1) is 62.2. The number of ether oxygens (including phenoxy) is 3. The number of ketones is 2. The van der Waals surface area contributed by atoms with Gasteiger partial charge in [-0.25, -0.2) is 0 Å². The third-order valence-electron chi connectivity index (χ3n) is 19.7. The molecular formula is C66H95N7O9. The molecule has 8 rings (SSSR count). The largest absolute Gasteiger partial charge is 0.504 e. The van der Waals surface area contributed by atoms with Crippen LogP contribution in [0.3, 0.4) is 0 Å². The van der Waals surface area contributed by atoms with Gasteiger partial charge in [-0.1, -0.05) is 95.0 Å². The van der Waals surface area contributed by atoms with Gasteiger partial charge >= 0.3 is 0 Å². The lowest BCUT2D eigenvalue weighted by Gasteiger charge is -2.58. The van der Waals surface area contributed by atoms with E-state index in [1.165, 1.54) is 101 Å². The minimum atomic E-state index is -1.13. The van der Waals surface area contributed by atoms with Crippen LogP contribution in [0, 0.1) is 52.3 Å². The minimum Gasteiger partial charge on any atom is -0.504 e. The summed E-state index contributed by atoms with van der Waals surface area (Å²) in [5.41, 5.74) is 3.99. The summed E-state index contributed by atoms with van der Waals surface area (Å²) < 4.78 is 18.2. The van der Waals surface area contributed by atoms with Gasteiger partial charge in [0.05, 0.1) is 38.5 Å². The van der Waals surface area contributed by atoms with E-state index in [0.29, 0.717) is 35.3 Å². The number of phenols is 2. The molecule has 1 aliphatic heterocycles. The zero-order valence-corrected chi connectivity index (χ0v) is 50.2. The summed E-state index contributed by atoms with van der Waals surface area (Å²) in [6, 6.07) is 9.31. The highest BCUT2D eigenvalue weighted by molar-refractivity contribution is 6.13. The average Bonchev–Trinajstić information content (AvgIpc) is 3.06. The highest BCUT2D eigenvalue weighted by atomic mass is 16.5. The second-order valence-electron chi connectivity index (χ2n) is 25.4. The fourth-order valence-corrected chi connectivity index (χ4v) is 14.9. The monoisotopic (exact) mass is 1130 g/mol. The fourth-order valence-electron chi connectivity index (χ4n) is 14.9. The van der Waals surface area contributed by atoms with Gasteiger partial charge in [-0.05, 0) is 171 Å². The van der Waals surface area contributed by atoms with E-state index < -0.39 is 17.5 Å². The number of nitrogens with zero attached hydrogens (tertiary/aromatic N) is 5. The number of piperazine rings is 1. The SMILES string of the molecule is COc1cc(/C=C/C(=O)C(Cc2cn(CCC(=O)NCCCN3CCN(CCCNC(=O)CO[C@H]4CC[C@@]5(C)C(=CC[C@H]6[C@@H]7CC[C@H]([C@H](C)CCCC(C)C)[C@@]7(C)CC[C@@H]65)C4)CC3)nn2)C(=O)/C=C/c2ccc(O)c(OC)c2)ccc1O. The molecule has 82 heavy (non-hydrogen) atoms. The summed E-state index contributed by atoms with van der Waals surface area (Å²) in [5, 5.41) is 34.5. The number of rotatable bonds is 29. The van der Waals surface area contributed by atoms with Gasteiger partial charge in [-0.3, -0.25) is 23.9 Å². The van der Waals surface area contributed by atoms with Crippen LogP contribution in [-0.2, 0) is 36.9 Å². The summed E-state index contributed by atoms with van der Waals surface area (Å²) in [4.78, 5) is 57.9. The summed E-state index contributed by atoms with van der Waals surface area (Å²) in [6.07, 6.45) is 26.2. The maximum absolute atomic E-state index is 13.6. The Labute approximate surface area is 487 Å². The molecule has 4 aliphatic carbocycles. The smallest absolute Gasteiger partial charge is 0.246 e. The van der Waals surface area contributed by atoms with Crippen molar-refractivity contribution >= 4 is 35.5 Å². The van der Waals surface area contributed by atoms with Crippen LogP contribution in [0.5, 0.6) is 23.0 Å². The second kappa shape index (κ2) is 29.1. The molecule has 1 saturated heterocycles. The molecule has 448 valence electrons. The number of aryl methyl sites for hydroxylation is 1. The number of carbonyl (C=O) groups is 4. The van der Waals surface area contributed by atoms with Gasteiger partial charge < -0.3 is 44.9 Å². The van der Waals surface area contributed by atoms with Crippen molar-refractivity contribution in [3.63, 3.8) is 0 Å². The van der Waals surface area contributed by atoms with Crippen LogP contribution >= 0.6 is 0 Å². The Bertz CT molecular complexity index is 2650. The Kier molecular flexibility index (Phi) is 22.1. The topological polar surface area (TPSA) is 198 Å². The van der Waals surface area contributed by atoms with Gasteiger partial charge in [0.2, 0.25) is 11.8 Å². The Morgan fingerprint density at radius 2 is 1.38 bits per heavy atom. The van der Waals surface area contributed by atoms with E-state index >= 15 is 0 Å². The fraction of sp³-hybridized carbons (Fsp3) is 0.636. The van der Waals surface area contributed by atoms with Crippen LogP contribution in [0.4, 0.5) is 0 Å². The number of nitrogens with one attached hydrogen (secondary N) is 2. The molecule has 0 spiro atoms. The standard InChI is InChI=1S/C66H95N7O9/c1-45(2)11-8-12-46(3)54-19-20-55-52-18-17-49-41-51(25-28-65(49,4)56(52)26-29-66(54,55)5)82-44-64(79)68-31-10-33-72-37-35-71(36-38-72)32-9-30-67-63(78)27-34-73-43-50(69-70-73)42-53(57(74)21-13-47-15-23-59(76)61(39-47)80-6)58(75)22-14-48-16-24-60(77)62(40-48)81-7/h13-17,21-24,39-40,43,45-46,51-56,76-77H,8-12,18-20,25-38,41-42,44H2,1-7H3,(H,67,78)(H,68,79)/b21-13+,22-14+/t46-,51+,52+,54-,55+,56+,65+,66-/m1/s1. The van der Waals surface area contributed by atoms with Crippen LogP contribution in [0.15, 0.2) is 66.4 Å². The predicted molar refractivity (Wildman–Crippen MR) is 320 cm³/mol. The number of fused-ring (bicyclic) bond motifs is 5. The van der Waals surface area contributed by atoms with Gasteiger partial charge in [-0.2, -0.15) is 0 Å². The maximum atomic E-state index is 13.6. The van der Waals surface area contributed by atoms with E-state index in [-0.39, 0.29) is 72.3 Å². The lowest BCUT2D eigenvalue weighted by atomic mass is 9.47. The number of aromatic nitrogens is 3. The average molecular weight is 1130 g/mol. The molecule has 2 aromatic carbocycles. The molecule has 0 bridgehead atoms. The van der Waals surface area contributed by atoms with Gasteiger partial charge in [0.15, 0.2) is 34.6 Å². The van der Waals surface area contributed by atoms with Crippen LogP contribution in [0.25, 0.3) is 12.2 Å². The number of phenolic OH excluding ortho intramolecular Hbond substituents is 2. The van der Waals surface area contributed by atoms with E-state index in [2.05, 4.69) is 71.4 Å². The lowest BCUT2D eigenvalue weighted by molar-refractivity contribution is -0.129. The number of allylic oxidation sites excluding steroid dienone is 3. The molecule has 0 unspecified atom stereocenters. The molecule has 1 aromatic heterocycles. The first-order valence-electron chi connectivity index (χ1n) is 30.8. The van der Waals surface area contributed by atoms with Crippen molar-refractivity contribution in [1.29, 1.82) is 0 Å². The third-order valence-corrected chi connectivity index (χ3v) is 19.7. The minimum absolute atomic E-state index is 0.0140. The van der Waals surface area contributed by atoms with Gasteiger partial charge in [0.1, 0.15) is 6.61 Å². The van der Waals surface area contributed by atoms with Crippen LogP contribution < -0.4 is 20.1 Å². The molecule has 3 saturated carbocycles. The van der Waals surface area contributed by atoms with E-state index in [0.717, 1.165) is 100 Å². The van der Waals surface area contributed by atoms with Crippen molar-refractivity contribution in [2.45, 2.75) is 144 Å². The lowest BCUT2D eigenvalue weighted by Crippen LogP contribution is -2.51. The Balaban J connectivity index is 0.682. The maximum Gasteiger partial charge on any atom is 0.246 e. The summed E-state index contributed by atoms with van der Waals surface area (Å²) in [7, 11) is 2.86. The van der Waals surface area contributed by atoms with Crippen LogP contribution in [-0.4, -0.2) is 138 Å². The molecule has 5 aliphatic rings. The van der Waals surface area contributed by atoms with Gasteiger partial charge in [0, 0.05) is 58.3 Å². The number of hydrogen-bond acceptors (Lipinski definition) is 13. The van der Waals surface area contributed by atoms with Crippen molar-refractivity contribution in [3.8, 4) is 23.0 Å². The highest BCUT2D eigenvalue weighted by Crippen LogP contribution is 2.67. The van der Waals surface area contributed by atoms with Gasteiger partial charge in [0.25, 0.3) is 0 Å². The molecule has 0 radical (unpaired) electrons. The van der Waals surface area contributed by atoms with Gasteiger partial charge in [-0.15, -0.1) is 5.10 Å². The first-order valence-corrected chi connectivity index (χ1v) is 30.8. The summed E-state index contributed by atoms with van der Waals surface area (Å²) >= 11 is 0. The number of amides is 2. The number of methoxy groups -OCH3 is 2. The second-order valence-corrected chi connectivity index (χ2v) is 25.4. The van der Waals surface area contributed by atoms with E-state index in [1.54, 1.807) is 48.2 Å². The zero-order valence-electron chi connectivity index (χ0n) is 50.2. The molecule has 2 heterocycles. The molecular weight excluding hydrogens is 1030 g/mol. The molecule has 4 N–H and O–H groups in total. The van der Waals surface area contributed by atoms with Crippen LogP contribution in [0.1, 0.15) is 141 Å². The summed E-state index contributed by atoms with van der Waals surface area (Å²) in [5.74, 6) is 3.23. The molecule has 4 fully saturated rings. The van der Waals surface area contributed by atoms with Crippen molar-refractivity contribution < 1.29 is 43.6 Å². The quantitative estimate of drug-likeness (QED) is 0.0222. The van der Waals surface area contributed by atoms with Crippen molar-refractivity contribution in [2.24, 2.45) is 52.3 Å². The molecule has 8 atom stereocenters. The number of aromatic hydroxyl groups is 2. The Morgan fingerprint density at radius 1 is 0.756 bits per heavy atom. The molecule has 16 nitrogen and oxygen atoms in total. The van der Waals surface area contributed by atoms with Crippen molar-refractivity contribution in [1.82, 2.24) is 35.4 Å². The third kappa shape index (κ3) is 16.1. The first-order chi connectivity index (χ1) is 39.5. The highest BCUT2D eigenvalue weighted by Gasteiger charge is 2.59. The summed E-state index contributed by atoms with van der Waals surface area (Å²) in [6.45, 7) is 19.9. The zero-order chi connectivity index (χ0) is 58.4. The van der Waals surface area contributed by atoms with E-state index in [4.69, 9.17) is 14.2 Å². The molecule has 3 aromatic rings. The number of benzene rings is 2. The normalized spacial score (nSPS) is 25.2. The Hall–Kier alpha value is -5.84. The predicted octanol–water partition coefficient (Wildman–Crippen LogP) is 9.88. The number of hydrogen-bond donors (Lipinski definition) is 4. The van der Waals surface area contributed by atoms with Crippen molar-refractivity contribution in [2.75, 3.05) is 73.2 Å². The van der Waals surface area contributed by atoms with Crippen molar-refractivity contribution in [3.05, 3.63) is 83.2 Å². The van der Waals surface area contributed by atoms with E-state index in [9.17, 15) is 29.4 Å². The number of carbonyl (C=O) groups excluding carboxylic acids is 4.